The van der Waals surface area contributed by atoms with Crippen LogP contribution in [0, 0.1) is 0 Å². The largest absolute Gasteiger partial charge is 0.396 e. The van der Waals surface area contributed by atoms with E-state index in [0.717, 1.165) is 24.7 Å². The van der Waals surface area contributed by atoms with E-state index in [2.05, 4.69) is 25.5 Å². The molecule has 96 valence electrons. The average molecular weight is 239 g/mol. The Morgan fingerprint density at radius 3 is 2.41 bits per heavy atom. The first-order chi connectivity index (χ1) is 8.22. The number of hydrogen-bond acceptors (Lipinski definition) is 6. The second-order valence-corrected chi connectivity index (χ2v) is 4.02. The summed E-state index contributed by atoms with van der Waals surface area (Å²) in [6, 6.07) is 1.87. The zero-order chi connectivity index (χ0) is 12.5. The number of aliphatic hydroxyl groups excluding tert-OH is 1. The first-order valence-electron chi connectivity index (χ1n) is 5.77. The summed E-state index contributed by atoms with van der Waals surface area (Å²) in [4.78, 5) is 10.3. The van der Waals surface area contributed by atoms with E-state index in [1.165, 1.54) is 6.33 Å². The summed E-state index contributed by atoms with van der Waals surface area (Å²) in [7, 11) is 4.06. The molecule has 0 aromatic carbocycles. The van der Waals surface area contributed by atoms with Crippen molar-refractivity contribution in [3.05, 3.63) is 12.4 Å². The molecule has 1 rings (SSSR count). The SMILES string of the molecule is CN(C)CCNc1cc(NCCCO)ncn1. The van der Waals surface area contributed by atoms with E-state index in [-0.39, 0.29) is 6.61 Å². The molecule has 0 unspecified atom stereocenters. The zero-order valence-electron chi connectivity index (χ0n) is 10.5. The van der Waals surface area contributed by atoms with E-state index in [9.17, 15) is 0 Å². The fourth-order valence-electron chi connectivity index (χ4n) is 1.25. The summed E-state index contributed by atoms with van der Waals surface area (Å²) >= 11 is 0. The van der Waals surface area contributed by atoms with Crippen molar-refractivity contribution in [2.45, 2.75) is 6.42 Å². The molecule has 0 amide bonds. The fraction of sp³-hybridized carbons (Fsp3) is 0.636. The molecule has 3 N–H and O–H groups in total. The molecule has 0 aliphatic rings. The van der Waals surface area contributed by atoms with Crippen LogP contribution in [0.2, 0.25) is 0 Å². The van der Waals surface area contributed by atoms with Crippen LogP contribution in [0.5, 0.6) is 0 Å². The van der Waals surface area contributed by atoms with Crippen LogP contribution in [0.3, 0.4) is 0 Å². The Labute approximate surface area is 102 Å². The van der Waals surface area contributed by atoms with E-state index in [1.807, 2.05) is 20.2 Å². The number of hydrogen-bond donors (Lipinski definition) is 3. The van der Waals surface area contributed by atoms with Gasteiger partial charge in [-0.05, 0) is 20.5 Å². The number of nitrogens with zero attached hydrogens (tertiary/aromatic N) is 3. The fourth-order valence-corrected chi connectivity index (χ4v) is 1.25. The van der Waals surface area contributed by atoms with Crippen LogP contribution in [-0.2, 0) is 0 Å². The van der Waals surface area contributed by atoms with Gasteiger partial charge in [-0.25, -0.2) is 9.97 Å². The number of rotatable bonds is 8. The van der Waals surface area contributed by atoms with Crippen LogP contribution in [0.25, 0.3) is 0 Å². The molecule has 0 bridgehead atoms. The molecule has 0 aliphatic carbocycles. The minimum absolute atomic E-state index is 0.187. The molecule has 0 radical (unpaired) electrons. The Hall–Kier alpha value is -1.40. The molecule has 1 aromatic heterocycles. The number of nitrogens with one attached hydrogen (secondary N) is 2. The first-order valence-corrected chi connectivity index (χ1v) is 5.77. The third kappa shape index (κ3) is 6.03. The van der Waals surface area contributed by atoms with Gasteiger partial charge in [0.2, 0.25) is 0 Å². The summed E-state index contributed by atoms with van der Waals surface area (Å²) in [5.41, 5.74) is 0. The minimum atomic E-state index is 0.187. The van der Waals surface area contributed by atoms with Gasteiger partial charge in [-0.3, -0.25) is 0 Å². The lowest BCUT2D eigenvalue weighted by Crippen LogP contribution is -2.21. The Morgan fingerprint density at radius 2 is 1.82 bits per heavy atom. The summed E-state index contributed by atoms with van der Waals surface area (Å²) in [6.07, 6.45) is 2.24. The van der Waals surface area contributed by atoms with Gasteiger partial charge in [0, 0.05) is 32.3 Å². The molecule has 0 saturated heterocycles. The van der Waals surface area contributed by atoms with Gasteiger partial charge < -0.3 is 20.6 Å². The number of aliphatic hydroxyl groups is 1. The molecule has 0 atom stereocenters. The van der Waals surface area contributed by atoms with Crippen molar-refractivity contribution in [1.29, 1.82) is 0 Å². The van der Waals surface area contributed by atoms with Crippen LogP contribution in [-0.4, -0.2) is 60.3 Å². The minimum Gasteiger partial charge on any atom is -0.396 e. The summed E-state index contributed by atoms with van der Waals surface area (Å²) in [5.74, 6) is 1.59. The normalized spacial score (nSPS) is 10.6. The lowest BCUT2D eigenvalue weighted by molar-refractivity contribution is 0.292. The quantitative estimate of drug-likeness (QED) is 0.565. The lowest BCUT2D eigenvalue weighted by Gasteiger charge is -2.11. The maximum Gasteiger partial charge on any atom is 0.131 e. The maximum atomic E-state index is 8.68. The predicted molar refractivity (Wildman–Crippen MR) is 69.3 cm³/mol. The van der Waals surface area contributed by atoms with E-state index >= 15 is 0 Å². The highest BCUT2D eigenvalue weighted by Crippen LogP contribution is 2.07. The number of likely N-dealkylation sites (N-methyl/N-ethyl adjacent to an activating group) is 1. The van der Waals surface area contributed by atoms with Gasteiger partial charge in [0.15, 0.2) is 0 Å². The molecular weight excluding hydrogens is 218 g/mol. The van der Waals surface area contributed by atoms with Crippen LogP contribution in [0.1, 0.15) is 6.42 Å². The number of anilines is 2. The second kappa shape index (κ2) is 7.81. The highest BCUT2D eigenvalue weighted by molar-refractivity contribution is 5.46. The molecular formula is C11H21N5O. The van der Waals surface area contributed by atoms with Gasteiger partial charge in [-0.1, -0.05) is 0 Å². The Morgan fingerprint density at radius 1 is 1.18 bits per heavy atom. The molecule has 0 aliphatic heterocycles. The van der Waals surface area contributed by atoms with E-state index in [0.29, 0.717) is 13.0 Å². The van der Waals surface area contributed by atoms with Crippen molar-refractivity contribution >= 4 is 11.6 Å². The van der Waals surface area contributed by atoms with Crippen LogP contribution in [0.15, 0.2) is 12.4 Å². The van der Waals surface area contributed by atoms with Crippen molar-refractivity contribution in [2.75, 3.05) is 51.0 Å². The van der Waals surface area contributed by atoms with Crippen molar-refractivity contribution < 1.29 is 5.11 Å². The smallest absolute Gasteiger partial charge is 0.131 e. The second-order valence-electron chi connectivity index (χ2n) is 4.02. The third-order valence-electron chi connectivity index (χ3n) is 2.17. The average Bonchev–Trinajstić information content (AvgIpc) is 2.29. The standard InChI is InChI=1S/C11H21N5O/c1-16(2)6-5-13-11-8-10(14-9-15-11)12-4-3-7-17/h8-9,17H,3-7H2,1-2H3,(H2,12,13,14,15). The zero-order valence-corrected chi connectivity index (χ0v) is 10.5. The van der Waals surface area contributed by atoms with E-state index < -0.39 is 0 Å². The van der Waals surface area contributed by atoms with Crippen LogP contribution in [0.4, 0.5) is 11.6 Å². The Balaban J connectivity index is 2.37. The molecule has 1 heterocycles. The van der Waals surface area contributed by atoms with Crippen molar-refractivity contribution in [3.8, 4) is 0 Å². The first kappa shape index (κ1) is 13.7. The van der Waals surface area contributed by atoms with E-state index in [1.54, 1.807) is 0 Å². The highest BCUT2D eigenvalue weighted by Gasteiger charge is 1.98. The van der Waals surface area contributed by atoms with Crippen LogP contribution >= 0.6 is 0 Å². The van der Waals surface area contributed by atoms with Gasteiger partial charge in [0.1, 0.15) is 18.0 Å². The van der Waals surface area contributed by atoms with Gasteiger partial charge in [0.05, 0.1) is 0 Å². The van der Waals surface area contributed by atoms with Gasteiger partial charge >= 0.3 is 0 Å². The Kier molecular flexibility index (Phi) is 6.27. The van der Waals surface area contributed by atoms with Gasteiger partial charge in [0.25, 0.3) is 0 Å². The molecule has 1 aromatic rings. The summed E-state index contributed by atoms with van der Waals surface area (Å²) in [6.45, 7) is 2.70. The third-order valence-corrected chi connectivity index (χ3v) is 2.17. The Bertz CT molecular complexity index is 318. The van der Waals surface area contributed by atoms with Crippen molar-refractivity contribution in [2.24, 2.45) is 0 Å². The summed E-state index contributed by atoms with van der Waals surface area (Å²) < 4.78 is 0. The molecule has 6 heteroatoms. The molecule has 0 saturated carbocycles. The maximum absolute atomic E-state index is 8.68. The number of aromatic nitrogens is 2. The van der Waals surface area contributed by atoms with Crippen LogP contribution < -0.4 is 10.6 Å². The van der Waals surface area contributed by atoms with Gasteiger partial charge in [-0.2, -0.15) is 0 Å². The highest BCUT2D eigenvalue weighted by atomic mass is 16.3. The molecule has 6 nitrogen and oxygen atoms in total. The van der Waals surface area contributed by atoms with Crippen molar-refractivity contribution in [3.63, 3.8) is 0 Å². The summed E-state index contributed by atoms with van der Waals surface area (Å²) in [5, 5.41) is 15.0. The van der Waals surface area contributed by atoms with Gasteiger partial charge in [-0.15, -0.1) is 0 Å². The lowest BCUT2D eigenvalue weighted by atomic mass is 10.4. The van der Waals surface area contributed by atoms with E-state index in [4.69, 9.17) is 5.11 Å². The monoisotopic (exact) mass is 239 g/mol. The molecule has 0 spiro atoms. The molecule has 0 fully saturated rings. The topological polar surface area (TPSA) is 73.3 Å². The predicted octanol–water partition coefficient (Wildman–Crippen LogP) is 0.244. The molecule has 17 heavy (non-hydrogen) atoms. The van der Waals surface area contributed by atoms with Crippen molar-refractivity contribution in [1.82, 2.24) is 14.9 Å².